The summed E-state index contributed by atoms with van der Waals surface area (Å²) in [6, 6.07) is 6.06. The van der Waals surface area contributed by atoms with E-state index in [-0.39, 0.29) is 37.0 Å². The van der Waals surface area contributed by atoms with Crippen molar-refractivity contribution in [2.75, 3.05) is 12.8 Å². The molecule has 22 heavy (non-hydrogen) atoms. The highest BCUT2D eigenvalue weighted by Crippen LogP contribution is 2.12. The monoisotopic (exact) mass is 330 g/mol. The van der Waals surface area contributed by atoms with Crippen molar-refractivity contribution in [2.24, 2.45) is 0 Å². The highest BCUT2D eigenvalue weighted by atomic mass is 32.2. The standard InChI is InChI=1S/C15H23FN2O3S/c1-4-12(2)17-15(19)9-10-18(22(3,20)21)11-13-7-5-6-8-14(13)16/h5-8,12H,4,9-11H2,1-3H3,(H,17,19). The summed E-state index contributed by atoms with van der Waals surface area (Å²) in [4.78, 5) is 11.8. The Morgan fingerprint density at radius 3 is 2.55 bits per heavy atom. The lowest BCUT2D eigenvalue weighted by Gasteiger charge is -2.20. The van der Waals surface area contributed by atoms with Crippen molar-refractivity contribution < 1.29 is 17.6 Å². The number of amides is 1. The second kappa shape index (κ2) is 8.24. The molecule has 1 aromatic rings. The average Bonchev–Trinajstić information content (AvgIpc) is 2.43. The second-order valence-corrected chi connectivity index (χ2v) is 7.30. The molecule has 1 rings (SSSR count). The molecule has 0 aromatic heterocycles. The van der Waals surface area contributed by atoms with Gasteiger partial charge in [0.15, 0.2) is 0 Å². The van der Waals surface area contributed by atoms with E-state index in [4.69, 9.17) is 0 Å². The average molecular weight is 330 g/mol. The summed E-state index contributed by atoms with van der Waals surface area (Å²) in [5.41, 5.74) is 0.287. The molecule has 1 unspecified atom stereocenters. The van der Waals surface area contributed by atoms with Crippen molar-refractivity contribution in [1.29, 1.82) is 0 Å². The van der Waals surface area contributed by atoms with Gasteiger partial charge in [0.05, 0.1) is 6.26 Å². The van der Waals surface area contributed by atoms with Crippen LogP contribution in [0.5, 0.6) is 0 Å². The Balaban J connectivity index is 2.71. The summed E-state index contributed by atoms with van der Waals surface area (Å²) in [6.45, 7) is 3.77. The SMILES string of the molecule is CCC(C)NC(=O)CCN(Cc1ccccc1F)S(C)(=O)=O. The zero-order valence-corrected chi connectivity index (χ0v) is 14.0. The molecule has 0 fully saturated rings. The van der Waals surface area contributed by atoms with E-state index in [0.29, 0.717) is 0 Å². The first-order valence-electron chi connectivity index (χ1n) is 7.22. The van der Waals surface area contributed by atoms with Crippen LogP contribution in [0, 0.1) is 5.82 Å². The van der Waals surface area contributed by atoms with Crippen LogP contribution < -0.4 is 5.32 Å². The molecule has 0 aliphatic heterocycles. The minimum absolute atomic E-state index is 0.0232. The summed E-state index contributed by atoms with van der Waals surface area (Å²) in [5, 5.41) is 2.78. The minimum Gasteiger partial charge on any atom is -0.354 e. The fraction of sp³-hybridized carbons (Fsp3) is 0.533. The number of nitrogens with one attached hydrogen (secondary N) is 1. The van der Waals surface area contributed by atoms with Crippen LogP contribution in [-0.4, -0.2) is 37.5 Å². The summed E-state index contributed by atoms with van der Waals surface area (Å²) in [5.74, 6) is -0.670. The van der Waals surface area contributed by atoms with Gasteiger partial charge in [0.1, 0.15) is 5.82 Å². The van der Waals surface area contributed by atoms with E-state index >= 15 is 0 Å². The molecule has 0 aliphatic carbocycles. The van der Waals surface area contributed by atoms with Gasteiger partial charge in [-0.25, -0.2) is 12.8 Å². The van der Waals surface area contributed by atoms with E-state index in [1.165, 1.54) is 12.1 Å². The number of sulfonamides is 1. The van der Waals surface area contributed by atoms with Gasteiger partial charge in [-0.1, -0.05) is 25.1 Å². The van der Waals surface area contributed by atoms with E-state index in [9.17, 15) is 17.6 Å². The predicted molar refractivity (Wildman–Crippen MR) is 84.2 cm³/mol. The zero-order valence-electron chi connectivity index (χ0n) is 13.2. The van der Waals surface area contributed by atoms with Gasteiger partial charge < -0.3 is 5.32 Å². The molecule has 0 radical (unpaired) electrons. The van der Waals surface area contributed by atoms with E-state index in [2.05, 4.69) is 5.32 Å². The molecule has 124 valence electrons. The Morgan fingerprint density at radius 2 is 2.00 bits per heavy atom. The van der Waals surface area contributed by atoms with Crippen LogP contribution in [0.4, 0.5) is 4.39 Å². The molecule has 1 N–H and O–H groups in total. The number of hydrogen-bond acceptors (Lipinski definition) is 3. The molecule has 5 nitrogen and oxygen atoms in total. The number of carbonyl (C=O) groups excluding carboxylic acids is 1. The van der Waals surface area contributed by atoms with Crippen molar-refractivity contribution in [1.82, 2.24) is 9.62 Å². The first-order chi connectivity index (χ1) is 10.2. The van der Waals surface area contributed by atoms with Crippen LogP contribution in [-0.2, 0) is 21.4 Å². The lowest BCUT2D eigenvalue weighted by molar-refractivity contribution is -0.121. The van der Waals surface area contributed by atoms with Crippen LogP contribution in [0.3, 0.4) is 0 Å². The van der Waals surface area contributed by atoms with Gasteiger partial charge in [-0.2, -0.15) is 4.31 Å². The van der Waals surface area contributed by atoms with Gasteiger partial charge in [-0.05, 0) is 19.4 Å². The van der Waals surface area contributed by atoms with E-state index in [0.717, 1.165) is 17.0 Å². The highest BCUT2D eigenvalue weighted by Gasteiger charge is 2.20. The third kappa shape index (κ3) is 6.11. The Labute approximate surface area is 131 Å². The van der Waals surface area contributed by atoms with Crippen molar-refractivity contribution in [2.45, 2.75) is 39.3 Å². The van der Waals surface area contributed by atoms with Crippen molar-refractivity contribution in [3.8, 4) is 0 Å². The molecular weight excluding hydrogens is 307 g/mol. The lowest BCUT2D eigenvalue weighted by Crippen LogP contribution is -2.37. The number of rotatable bonds is 8. The smallest absolute Gasteiger partial charge is 0.221 e. The highest BCUT2D eigenvalue weighted by molar-refractivity contribution is 7.88. The first kappa shape index (κ1) is 18.6. The number of carbonyl (C=O) groups is 1. The first-order valence-corrected chi connectivity index (χ1v) is 9.06. The van der Waals surface area contributed by atoms with Crippen molar-refractivity contribution >= 4 is 15.9 Å². The number of halogens is 1. The Bertz CT molecular complexity index is 605. The quantitative estimate of drug-likeness (QED) is 0.791. The molecule has 1 amide bonds. The number of benzene rings is 1. The van der Waals surface area contributed by atoms with Gasteiger partial charge in [-0.15, -0.1) is 0 Å². The molecular formula is C15H23FN2O3S. The van der Waals surface area contributed by atoms with Gasteiger partial charge in [0.2, 0.25) is 15.9 Å². The third-order valence-electron chi connectivity index (χ3n) is 3.38. The fourth-order valence-electron chi connectivity index (χ4n) is 1.85. The van der Waals surface area contributed by atoms with E-state index in [1.54, 1.807) is 12.1 Å². The summed E-state index contributed by atoms with van der Waals surface area (Å²) in [7, 11) is -3.52. The van der Waals surface area contributed by atoms with E-state index < -0.39 is 15.8 Å². The molecule has 1 atom stereocenters. The second-order valence-electron chi connectivity index (χ2n) is 5.31. The van der Waals surface area contributed by atoms with Gasteiger partial charge in [0.25, 0.3) is 0 Å². The minimum atomic E-state index is -3.52. The Kier molecular flexibility index (Phi) is 6.96. The lowest BCUT2D eigenvalue weighted by atomic mass is 10.2. The molecule has 7 heteroatoms. The molecule has 0 saturated heterocycles. The van der Waals surface area contributed by atoms with Crippen molar-refractivity contribution in [3.05, 3.63) is 35.6 Å². The molecule has 0 spiro atoms. The molecule has 1 aromatic carbocycles. The third-order valence-corrected chi connectivity index (χ3v) is 4.63. The van der Waals surface area contributed by atoms with Gasteiger partial charge in [0, 0.05) is 31.1 Å². The summed E-state index contributed by atoms with van der Waals surface area (Å²) < 4.78 is 38.4. The largest absolute Gasteiger partial charge is 0.354 e. The maximum Gasteiger partial charge on any atom is 0.221 e. The summed E-state index contributed by atoms with van der Waals surface area (Å²) >= 11 is 0. The molecule has 0 bridgehead atoms. The maximum atomic E-state index is 13.7. The zero-order chi connectivity index (χ0) is 16.8. The topological polar surface area (TPSA) is 66.5 Å². The fourth-order valence-corrected chi connectivity index (χ4v) is 2.65. The van der Waals surface area contributed by atoms with Gasteiger partial charge >= 0.3 is 0 Å². The van der Waals surface area contributed by atoms with Crippen LogP contribution >= 0.6 is 0 Å². The van der Waals surface area contributed by atoms with Gasteiger partial charge in [-0.3, -0.25) is 4.79 Å². The summed E-state index contributed by atoms with van der Waals surface area (Å²) in [6.07, 6.45) is 1.91. The van der Waals surface area contributed by atoms with Crippen LogP contribution in [0.1, 0.15) is 32.3 Å². The van der Waals surface area contributed by atoms with Crippen LogP contribution in [0.15, 0.2) is 24.3 Å². The predicted octanol–water partition coefficient (Wildman–Crippen LogP) is 1.89. The van der Waals surface area contributed by atoms with Crippen LogP contribution in [0.2, 0.25) is 0 Å². The van der Waals surface area contributed by atoms with Crippen LogP contribution in [0.25, 0.3) is 0 Å². The van der Waals surface area contributed by atoms with Crippen molar-refractivity contribution in [3.63, 3.8) is 0 Å². The maximum absolute atomic E-state index is 13.7. The Morgan fingerprint density at radius 1 is 1.36 bits per heavy atom. The number of nitrogens with zero attached hydrogens (tertiary/aromatic N) is 1. The molecule has 0 aliphatic rings. The van der Waals surface area contributed by atoms with E-state index in [1.807, 2.05) is 13.8 Å². The normalized spacial score (nSPS) is 13.1. The Hall–Kier alpha value is -1.47. The molecule has 0 saturated carbocycles. The number of hydrogen-bond donors (Lipinski definition) is 1. The molecule has 0 heterocycles.